The fraction of sp³-hybridized carbons (Fsp3) is 0.0833. The lowest BCUT2D eigenvalue weighted by Crippen LogP contribution is -2.30. The summed E-state index contributed by atoms with van der Waals surface area (Å²) in [6.45, 7) is 0. The highest BCUT2D eigenvalue weighted by Gasteiger charge is 2.46. The van der Waals surface area contributed by atoms with Crippen LogP contribution >= 0.6 is 11.8 Å². The Kier molecular flexibility index (Phi) is 4.41. The van der Waals surface area contributed by atoms with E-state index in [1.165, 1.54) is 30.2 Å². The number of fused-ring (bicyclic) bond motifs is 4. The van der Waals surface area contributed by atoms with Crippen LogP contribution in [-0.4, -0.2) is 25.9 Å². The highest BCUT2D eigenvalue weighted by atomic mass is 32.2. The summed E-state index contributed by atoms with van der Waals surface area (Å²) in [6, 6.07) is 13.7. The lowest BCUT2D eigenvalue weighted by Gasteiger charge is -2.34. The van der Waals surface area contributed by atoms with Crippen molar-refractivity contribution in [3.05, 3.63) is 90.1 Å². The largest absolute Gasteiger partial charge is 0.455 e. The van der Waals surface area contributed by atoms with Crippen LogP contribution < -0.4 is 10.5 Å². The average Bonchev–Trinajstić information content (AvgIpc) is 3.21. The van der Waals surface area contributed by atoms with Gasteiger partial charge in [0.25, 0.3) is 0 Å². The maximum Gasteiger partial charge on any atom is 0.220 e. The molecule has 162 valence electrons. The summed E-state index contributed by atoms with van der Waals surface area (Å²) in [5.74, 6) is 0.526. The molecule has 0 aliphatic carbocycles. The Hall–Kier alpha value is -3.85. The summed E-state index contributed by atoms with van der Waals surface area (Å²) in [4.78, 5) is 16.7. The van der Waals surface area contributed by atoms with Crippen LogP contribution in [-0.2, 0) is 5.54 Å². The molecule has 1 spiro atoms. The van der Waals surface area contributed by atoms with Gasteiger partial charge in [0.2, 0.25) is 11.9 Å². The number of amidine groups is 1. The third-order valence-electron chi connectivity index (χ3n) is 5.78. The molecule has 3 aromatic heterocycles. The Balaban J connectivity index is 1.56. The smallest absolute Gasteiger partial charge is 0.220 e. The molecule has 0 saturated carbocycles. The van der Waals surface area contributed by atoms with Gasteiger partial charge in [-0.15, -0.1) is 0 Å². The van der Waals surface area contributed by atoms with Crippen molar-refractivity contribution in [2.45, 2.75) is 5.54 Å². The quantitative estimate of drug-likeness (QED) is 0.430. The first-order valence-corrected chi connectivity index (χ1v) is 11.1. The fourth-order valence-electron chi connectivity index (χ4n) is 4.25. The minimum atomic E-state index is -0.852. The van der Waals surface area contributed by atoms with Crippen LogP contribution in [0.2, 0.25) is 0 Å². The summed E-state index contributed by atoms with van der Waals surface area (Å²) in [5.41, 5.74) is 8.97. The number of aromatic nitrogens is 3. The predicted octanol–water partition coefficient (Wildman–Crippen LogP) is 4.89. The number of aliphatic imine (C=N–C) groups is 1. The van der Waals surface area contributed by atoms with Crippen LogP contribution in [0.5, 0.6) is 11.5 Å². The lowest BCUT2D eigenvalue weighted by molar-refractivity contribution is 0.414. The van der Waals surface area contributed by atoms with Crippen LogP contribution in [0.25, 0.3) is 22.4 Å². The first kappa shape index (κ1) is 19.8. The highest BCUT2D eigenvalue weighted by Crippen LogP contribution is 2.54. The Morgan fingerprint density at radius 2 is 1.79 bits per heavy atom. The molecule has 9 heteroatoms. The van der Waals surface area contributed by atoms with Gasteiger partial charge in [0, 0.05) is 46.5 Å². The van der Waals surface area contributed by atoms with Gasteiger partial charge in [0.15, 0.2) is 10.9 Å². The first-order chi connectivity index (χ1) is 16.0. The number of nitrogens with zero attached hydrogens (tertiary/aromatic N) is 4. The number of hydrogen-bond acceptors (Lipinski definition) is 7. The van der Waals surface area contributed by atoms with E-state index in [0.717, 1.165) is 11.1 Å². The monoisotopic (exact) mass is 459 g/mol. The Bertz CT molecular complexity index is 1460. The van der Waals surface area contributed by atoms with E-state index in [1.54, 1.807) is 36.5 Å². The van der Waals surface area contributed by atoms with Gasteiger partial charge in [0.1, 0.15) is 11.3 Å². The van der Waals surface area contributed by atoms with Gasteiger partial charge in [-0.3, -0.25) is 4.98 Å². The van der Waals surface area contributed by atoms with Crippen molar-refractivity contribution in [2.75, 3.05) is 5.75 Å². The zero-order valence-electron chi connectivity index (χ0n) is 17.0. The van der Waals surface area contributed by atoms with Crippen LogP contribution in [0, 0.1) is 11.9 Å². The van der Waals surface area contributed by atoms with Crippen LogP contribution in [0.15, 0.2) is 72.1 Å². The second-order valence-electron chi connectivity index (χ2n) is 7.69. The maximum atomic E-state index is 14.4. The van der Waals surface area contributed by atoms with E-state index in [4.69, 9.17) is 15.5 Å². The normalized spacial score (nSPS) is 18.4. The molecule has 1 atom stereocenters. The SMILES string of the molecule is NC1=NC2(CS1)c1cc(-c3cccnc3F)ccc1Oc1cnc(-c3ccnc(F)c3)cc12. The third-order valence-corrected chi connectivity index (χ3v) is 6.73. The molecule has 5 heterocycles. The molecular formula is C24H15F2N5OS. The van der Waals surface area contributed by atoms with Crippen LogP contribution in [0.4, 0.5) is 8.78 Å². The molecule has 2 aliphatic rings. The van der Waals surface area contributed by atoms with Crippen molar-refractivity contribution in [3.8, 4) is 33.9 Å². The van der Waals surface area contributed by atoms with Crippen molar-refractivity contribution in [1.82, 2.24) is 15.0 Å². The van der Waals surface area contributed by atoms with Crippen molar-refractivity contribution in [2.24, 2.45) is 10.7 Å². The second-order valence-corrected chi connectivity index (χ2v) is 8.68. The zero-order valence-corrected chi connectivity index (χ0v) is 17.8. The molecular weight excluding hydrogens is 444 g/mol. The zero-order chi connectivity index (χ0) is 22.6. The van der Waals surface area contributed by atoms with E-state index < -0.39 is 17.4 Å². The molecule has 0 fully saturated rings. The maximum absolute atomic E-state index is 14.4. The van der Waals surface area contributed by atoms with Gasteiger partial charge in [-0.1, -0.05) is 17.8 Å². The molecule has 1 aromatic carbocycles. The number of rotatable bonds is 2. The average molecular weight is 459 g/mol. The van der Waals surface area contributed by atoms with Gasteiger partial charge in [-0.2, -0.15) is 8.78 Å². The predicted molar refractivity (Wildman–Crippen MR) is 122 cm³/mol. The molecule has 1 unspecified atom stereocenters. The second kappa shape index (κ2) is 7.35. The Morgan fingerprint density at radius 1 is 0.909 bits per heavy atom. The van der Waals surface area contributed by atoms with E-state index in [0.29, 0.717) is 44.8 Å². The molecule has 33 heavy (non-hydrogen) atoms. The lowest BCUT2D eigenvalue weighted by atomic mass is 9.81. The van der Waals surface area contributed by atoms with Gasteiger partial charge < -0.3 is 10.5 Å². The highest BCUT2D eigenvalue weighted by molar-refractivity contribution is 8.14. The number of nitrogens with two attached hydrogens (primary N) is 1. The van der Waals surface area contributed by atoms with Crippen LogP contribution in [0.3, 0.4) is 0 Å². The number of hydrogen-bond donors (Lipinski definition) is 1. The summed E-state index contributed by atoms with van der Waals surface area (Å²) < 4.78 is 34.3. The number of pyridine rings is 3. The number of ether oxygens (including phenoxy) is 1. The van der Waals surface area contributed by atoms with Gasteiger partial charge in [-0.25, -0.2) is 15.0 Å². The fourth-order valence-corrected chi connectivity index (χ4v) is 5.20. The van der Waals surface area contributed by atoms with E-state index in [1.807, 2.05) is 12.1 Å². The van der Waals surface area contributed by atoms with Gasteiger partial charge >= 0.3 is 0 Å². The third kappa shape index (κ3) is 3.15. The van der Waals surface area contributed by atoms with Gasteiger partial charge in [0.05, 0.1) is 11.9 Å². The summed E-state index contributed by atoms with van der Waals surface area (Å²) in [5, 5.41) is 0.445. The molecule has 6 rings (SSSR count). The summed E-state index contributed by atoms with van der Waals surface area (Å²) in [6.07, 6.45) is 4.41. The Morgan fingerprint density at radius 3 is 2.58 bits per heavy atom. The Labute approximate surface area is 191 Å². The minimum absolute atomic E-state index is 0.381. The van der Waals surface area contributed by atoms with Crippen LogP contribution in [0.1, 0.15) is 11.1 Å². The standard InChI is InChI=1S/C24H15F2N5OS/c25-21-9-14(5-7-28-21)18-10-17-20(11-30-18)32-19-4-3-13(15-2-1-6-29-22(15)26)8-16(19)24(17)12-33-23(27)31-24/h1-11H,12H2,(H2,27,31). The molecule has 0 bridgehead atoms. The van der Waals surface area contributed by atoms with Crippen molar-refractivity contribution >= 4 is 16.9 Å². The van der Waals surface area contributed by atoms with Crippen molar-refractivity contribution in [3.63, 3.8) is 0 Å². The molecule has 0 saturated heterocycles. The number of halogens is 2. The first-order valence-electron chi connectivity index (χ1n) is 10.1. The van der Waals surface area contributed by atoms with Gasteiger partial charge in [-0.05, 0) is 42.0 Å². The van der Waals surface area contributed by atoms with E-state index in [9.17, 15) is 8.78 Å². The van der Waals surface area contributed by atoms with Crippen molar-refractivity contribution < 1.29 is 13.5 Å². The topological polar surface area (TPSA) is 86.3 Å². The summed E-state index contributed by atoms with van der Waals surface area (Å²) >= 11 is 1.43. The molecule has 2 aliphatic heterocycles. The van der Waals surface area contributed by atoms with E-state index in [-0.39, 0.29) is 0 Å². The molecule has 0 radical (unpaired) electrons. The minimum Gasteiger partial charge on any atom is -0.455 e. The molecule has 2 N–H and O–H groups in total. The van der Waals surface area contributed by atoms with E-state index >= 15 is 0 Å². The number of benzene rings is 1. The summed E-state index contributed by atoms with van der Waals surface area (Å²) in [7, 11) is 0. The number of thioether (sulfide) groups is 1. The van der Waals surface area contributed by atoms with Crippen molar-refractivity contribution in [1.29, 1.82) is 0 Å². The molecule has 0 amide bonds. The van der Waals surface area contributed by atoms with E-state index in [2.05, 4.69) is 15.0 Å². The molecule has 6 nitrogen and oxygen atoms in total. The molecule has 4 aromatic rings.